The lowest BCUT2D eigenvalue weighted by molar-refractivity contribution is -0.126. The molecule has 4 nitrogen and oxygen atoms in total. The molecule has 0 fully saturated rings. The lowest BCUT2D eigenvalue weighted by atomic mass is 9.58. The van der Waals surface area contributed by atoms with Gasteiger partial charge in [0, 0.05) is 26.7 Å². The Hall–Kier alpha value is -1.82. The third-order valence-corrected chi connectivity index (χ3v) is 6.34. The Morgan fingerprint density at radius 2 is 2.15 bits per heavy atom. The van der Waals surface area contributed by atoms with E-state index in [1.165, 1.54) is 0 Å². The van der Waals surface area contributed by atoms with Crippen LogP contribution in [0, 0.1) is 5.41 Å². The normalized spacial score (nSPS) is 32.0. The van der Waals surface area contributed by atoms with Crippen molar-refractivity contribution >= 4 is 21.7 Å². The molecule has 1 unspecified atom stereocenters. The Morgan fingerprint density at radius 1 is 1.38 bits per heavy atom. The number of nitrogens with zero attached hydrogens (tertiary/aromatic N) is 2. The van der Waals surface area contributed by atoms with E-state index < -0.39 is 22.8 Å². The summed E-state index contributed by atoms with van der Waals surface area (Å²) in [7, 11) is 0. The van der Waals surface area contributed by atoms with Gasteiger partial charge in [-0.3, -0.25) is 4.79 Å². The maximum absolute atomic E-state index is 15.1. The smallest absolute Gasteiger partial charge is 0.196 e. The van der Waals surface area contributed by atoms with Crippen molar-refractivity contribution < 1.29 is 9.18 Å². The molecule has 3 atom stereocenters. The Morgan fingerprint density at radius 3 is 2.85 bits per heavy atom. The minimum atomic E-state index is -1.52. The number of alkyl halides is 1. The van der Waals surface area contributed by atoms with Gasteiger partial charge in [0.2, 0.25) is 0 Å². The predicted molar refractivity (Wildman–Crippen MR) is 101 cm³/mol. The highest BCUT2D eigenvalue weighted by Gasteiger charge is 2.56. The Kier molecular flexibility index (Phi) is 3.95. The zero-order chi connectivity index (χ0) is 18.7. The lowest BCUT2D eigenvalue weighted by Crippen LogP contribution is -2.54. The summed E-state index contributed by atoms with van der Waals surface area (Å²) in [6, 6.07) is 7.90. The van der Waals surface area contributed by atoms with E-state index in [4.69, 9.17) is 0 Å². The van der Waals surface area contributed by atoms with Crippen molar-refractivity contribution in [2.75, 3.05) is 0 Å². The second-order valence-corrected chi connectivity index (χ2v) is 8.79. The van der Waals surface area contributed by atoms with Crippen molar-refractivity contribution in [1.29, 1.82) is 0 Å². The van der Waals surface area contributed by atoms with E-state index in [-0.39, 0.29) is 6.17 Å². The minimum absolute atomic E-state index is 0.299. The fraction of sp³-hybridized carbons (Fsp3) is 0.450. The van der Waals surface area contributed by atoms with Gasteiger partial charge < -0.3 is 5.32 Å². The average molecular weight is 418 g/mol. The molecule has 3 aliphatic rings. The highest BCUT2D eigenvalue weighted by molar-refractivity contribution is 9.10. The van der Waals surface area contributed by atoms with Crippen molar-refractivity contribution in [2.24, 2.45) is 15.6 Å². The van der Waals surface area contributed by atoms with Gasteiger partial charge in [-0.2, -0.15) is 10.2 Å². The molecular formula is C20H21BrFN3O. The van der Waals surface area contributed by atoms with Crippen LogP contribution in [0.25, 0.3) is 0 Å². The summed E-state index contributed by atoms with van der Waals surface area (Å²) in [6.45, 7) is 5.64. The van der Waals surface area contributed by atoms with Crippen LogP contribution < -0.4 is 5.32 Å². The van der Waals surface area contributed by atoms with Crippen LogP contribution in [0.5, 0.6) is 0 Å². The van der Waals surface area contributed by atoms with E-state index in [9.17, 15) is 4.79 Å². The van der Waals surface area contributed by atoms with Crippen LogP contribution in [0.4, 0.5) is 4.39 Å². The lowest BCUT2D eigenvalue weighted by Gasteiger charge is -2.48. The van der Waals surface area contributed by atoms with Gasteiger partial charge in [-0.05, 0) is 30.5 Å². The van der Waals surface area contributed by atoms with E-state index in [1.54, 1.807) is 20.0 Å². The van der Waals surface area contributed by atoms with E-state index in [2.05, 4.69) is 31.5 Å². The van der Waals surface area contributed by atoms with Crippen LogP contribution in [0.2, 0.25) is 0 Å². The summed E-state index contributed by atoms with van der Waals surface area (Å²) in [5, 5.41) is 11.8. The fourth-order valence-corrected chi connectivity index (χ4v) is 4.96. The molecule has 4 rings (SSSR count). The monoisotopic (exact) mass is 417 g/mol. The van der Waals surface area contributed by atoms with Crippen LogP contribution in [0.15, 0.2) is 62.0 Å². The van der Waals surface area contributed by atoms with E-state index in [0.717, 1.165) is 21.3 Å². The molecule has 0 bridgehead atoms. The topological polar surface area (TPSA) is 53.8 Å². The number of carbonyl (C=O) groups excluding carboxylic acids is 1. The average Bonchev–Trinajstić information content (AvgIpc) is 3.06. The SMILES string of the molecule is CC[C@]1(c2cccc(Br)c2)C2=CN=NC2NC2=C1C(=O)[C@@H](F)C(C)(C)C2. The molecule has 26 heavy (non-hydrogen) atoms. The third-order valence-electron chi connectivity index (χ3n) is 5.85. The first kappa shape index (κ1) is 17.6. The zero-order valence-corrected chi connectivity index (χ0v) is 16.6. The number of nitrogens with one attached hydrogen (secondary N) is 1. The van der Waals surface area contributed by atoms with Gasteiger partial charge in [-0.25, -0.2) is 4.39 Å². The summed E-state index contributed by atoms with van der Waals surface area (Å²) >= 11 is 3.53. The van der Waals surface area contributed by atoms with Gasteiger partial charge in [0.15, 0.2) is 18.1 Å². The summed E-state index contributed by atoms with van der Waals surface area (Å²) in [4.78, 5) is 13.2. The minimum Gasteiger partial charge on any atom is -0.362 e. The number of carbonyl (C=O) groups is 1. The van der Waals surface area contributed by atoms with Crippen LogP contribution in [0.1, 0.15) is 39.2 Å². The number of halogens is 2. The van der Waals surface area contributed by atoms with Crippen LogP contribution in [-0.4, -0.2) is 18.1 Å². The molecule has 0 aromatic heterocycles. The van der Waals surface area contributed by atoms with Gasteiger partial charge in [-0.1, -0.05) is 48.8 Å². The molecule has 1 aliphatic carbocycles. The number of benzene rings is 1. The standard InChI is InChI=1S/C20H21BrFN3O/c1-4-20(11-6-5-7-12(21)8-11)13-10-23-25-18(13)24-14-9-19(2,3)17(22)16(26)15(14)20/h5-8,10,17-18,24H,4,9H2,1-3H3/t17-,18?,20+/m1/s1. The second-order valence-electron chi connectivity index (χ2n) is 7.88. The number of rotatable bonds is 2. The first-order chi connectivity index (χ1) is 12.3. The number of hydrogen-bond donors (Lipinski definition) is 1. The van der Waals surface area contributed by atoms with E-state index in [0.29, 0.717) is 18.4 Å². The molecule has 0 spiro atoms. The van der Waals surface area contributed by atoms with Gasteiger partial charge in [0.05, 0.1) is 11.6 Å². The van der Waals surface area contributed by atoms with Crippen LogP contribution in [0.3, 0.4) is 0 Å². The maximum atomic E-state index is 15.1. The molecule has 1 aromatic carbocycles. The first-order valence-corrected chi connectivity index (χ1v) is 9.65. The van der Waals surface area contributed by atoms with Crippen molar-refractivity contribution in [3.63, 3.8) is 0 Å². The number of allylic oxidation sites excluding steroid dienone is 2. The van der Waals surface area contributed by atoms with Crippen molar-refractivity contribution in [2.45, 2.75) is 51.4 Å². The summed E-state index contributed by atoms with van der Waals surface area (Å²) < 4.78 is 16.0. The molecule has 2 aliphatic heterocycles. The number of azo groups is 1. The second kappa shape index (κ2) is 5.84. The molecule has 0 saturated heterocycles. The Balaban J connectivity index is 2.02. The third kappa shape index (κ3) is 2.27. The van der Waals surface area contributed by atoms with Crippen LogP contribution >= 0.6 is 15.9 Å². The highest BCUT2D eigenvalue weighted by atomic mass is 79.9. The van der Waals surface area contributed by atoms with Crippen molar-refractivity contribution in [3.05, 3.63) is 57.3 Å². The molecule has 1 N–H and O–H groups in total. The molecule has 0 radical (unpaired) electrons. The molecule has 6 heteroatoms. The number of hydrogen-bond acceptors (Lipinski definition) is 4. The Labute approximate surface area is 160 Å². The largest absolute Gasteiger partial charge is 0.362 e. The highest BCUT2D eigenvalue weighted by Crippen LogP contribution is 2.54. The van der Waals surface area contributed by atoms with Gasteiger partial charge in [0.25, 0.3) is 0 Å². The number of ketones is 1. The quantitative estimate of drug-likeness (QED) is 0.738. The number of Topliss-reactive ketones (excluding diaryl/α,β-unsaturated/α-hetero) is 1. The van der Waals surface area contributed by atoms with Gasteiger partial charge in [0.1, 0.15) is 0 Å². The molecule has 2 heterocycles. The van der Waals surface area contributed by atoms with Crippen molar-refractivity contribution in [3.8, 4) is 0 Å². The molecule has 136 valence electrons. The van der Waals surface area contributed by atoms with Gasteiger partial charge in [-0.15, -0.1) is 0 Å². The fourth-order valence-electron chi connectivity index (χ4n) is 4.56. The summed E-state index contributed by atoms with van der Waals surface area (Å²) in [6.07, 6.45) is 1.02. The zero-order valence-electron chi connectivity index (χ0n) is 15.0. The molecular weight excluding hydrogens is 397 g/mol. The van der Waals surface area contributed by atoms with Crippen molar-refractivity contribution in [1.82, 2.24) is 5.32 Å². The van der Waals surface area contributed by atoms with E-state index in [1.807, 2.05) is 31.2 Å². The van der Waals surface area contributed by atoms with E-state index >= 15 is 4.39 Å². The maximum Gasteiger partial charge on any atom is 0.196 e. The first-order valence-electron chi connectivity index (χ1n) is 8.86. The summed E-state index contributed by atoms with van der Waals surface area (Å²) in [5.74, 6) is -0.420. The molecule has 1 aromatic rings. The Bertz CT molecular complexity index is 889. The van der Waals surface area contributed by atoms with Crippen LogP contribution in [-0.2, 0) is 10.2 Å². The molecule has 0 saturated carbocycles. The summed E-state index contributed by atoms with van der Waals surface area (Å²) in [5.41, 5.74) is 1.77. The predicted octanol–water partition coefficient (Wildman–Crippen LogP) is 4.97. The molecule has 0 amide bonds. The van der Waals surface area contributed by atoms with Gasteiger partial charge >= 0.3 is 0 Å². The number of fused-ring (bicyclic) bond motifs is 1.